The maximum atomic E-state index is 13.1. The van der Waals surface area contributed by atoms with Crippen molar-refractivity contribution in [2.75, 3.05) is 46.1 Å². The van der Waals surface area contributed by atoms with Crippen molar-refractivity contribution in [3.63, 3.8) is 0 Å². The number of benzene rings is 2. The maximum Gasteiger partial charge on any atom is 0.203 e. The Hall–Kier alpha value is -3.15. The third kappa shape index (κ3) is 4.22. The summed E-state index contributed by atoms with van der Waals surface area (Å²) in [4.78, 5) is 15.0. The summed E-state index contributed by atoms with van der Waals surface area (Å²) in [5.41, 5.74) is 9.48. The molecular weight excluding hydrogens is 356 g/mol. The van der Waals surface area contributed by atoms with Crippen LogP contribution in [0.4, 0.5) is 11.4 Å². The van der Waals surface area contributed by atoms with E-state index in [9.17, 15) is 4.79 Å². The number of hydrogen-bond donors (Lipinski definition) is 1. The minimum absolute atomic E-state index is 0.0728. The van der Waals surface area contributed by atoms with Gasteiger partial charge in [-0.15, -0.1) is 0 Å². The molecule has 0 atom stereocenters. The first kappa shape index (κ1) is 21.2. The van der Waals surface area contributed by atoms with Crippen molar-refractivity contribution in [1.29, 1.82) is 0 Å². The van der Waals surface area contributed by atoms with E-state index in [4.69, 9.17) is 19.9 Å². The second-order valence-corrected chi connectivity index (χ2v) is 6.44. The fourth-order valence-electron chi connectivity index (χ4n) is 3.04. The lowest BCUT2D eigenvalue weighted by molar-refractivity contribution is 0.103. The molecule has 150 valence electrons. The van der Waals surface area contributed by atoms with Gasteiger partial charge >= 0.3 is 0 Å². The summed E-state index contributed by atoms with van der Waals surface area (Å²) in [7, 11) is 8.50. The van der Waals surface area contributed by atoms with Gasteiger partial charge in [-0.1, -0.05) is 6.92 Å². The smallest absolute Gasteiger partial charge is 0.203 e. The van der Waals surface area contributed by atoms with Crippen LogP contribution >= 0.6 is 0 Å². The zero-order chi connectivity index (χ0) is 20.8. The van der Waals surface area contributed by atoms with Crippen molar-refractivity contribution in [2.45, 2.75) is 13.3 Å². The molecule has 2 N–H and O–H groups in total. The number of methoxy groups -OCH3 is 3. The van der Waals surface area contributed by atoms with Gasteiger partial charge in [0.05, 0.1) is 32.7 Å². The number of carbonyl (C=O) groups is 1. The molecule has 0 saturated carbocycles. The van der Waals surface area contributed by atoms with Gasteiger partial charge in [0.25, 0.3) is 0 Å². The number of carbonyl (C=O) groups excluding carboxylic acids is 1. The van der Waals surface area contributed by atoms with Crippen LogP contribution in [0.15, 0.2) is 35.9 Å². The van der Waals surface area contributed by atoms with E-state index in [1.165, 1.54) is 0 Å². The topological polar surface area (TPSA) is 74.0 Å². The lowest BCUT2D eigenvalue weighted by atomic mass is 9.97. The van der Waals surface area contributed by atoms with Crippen molar-refractivity contribution >= 4 is 23.2 Å². The van der Waals surface area contributed by atoms with Gasteiger partial charge in [-0.3, -0.25) is 4.79 Å². The summed E-state index contributed by atoms with van der Waals surface area (Å²) in [5, 5.41) is 0. The Kier molecular flexibility index (Phi) is 6.93. The van der Waals surface area contributed by atoms with Crippen LogP contribution in [0.2, 0.25) is 0 Å². The van der Waals surface area contributed by atoms with Crippen LogP contribution in [-0.2, 0) is 0 Å². The summed E-state index contributed by atoms with van der Waals surface area (Å²) in [6.07, 6.45) is 2.38. The molecule has 0 fully saturated rings. The Morgan fingerprint density at radius 2 is 1.71 bits per heavy atom. The van der Waals surface area contributed by atoms with E-state index in [-0.39, 0.29) is 5.78 Å². The first-order valence-electron chi connectivity index (χ1n) is 8.98. The van der Waals surface area contributed by atoms with Crippen molar-refractivity contribution in [1.82, 2.24) is 0 Å². The van der Waals surface area contributed by atoms with Crippen LogP contribution in [0, 0.1) is 0 Å². The van der Waals surface area contributed by atoms with E-state index >= 15 is 0 Å². The van der Waals surface area contributed by atoms with Crippen molar-refractivity contribution in [3.05, 3.63) is 47.0 Å². The Bertz CT molecular complexity index is 888. The second-order valence-electron chi connectivity index (χ2n) is 6.44. The molecule has 2 rings (SSSR count). The molecule has 0 heterocycles. The number of Topliss-reactive ketones (excluding diaryl/α,β-unsaturated/α-hetero) is 1. The number of anilines is 2. The zero-order valence-corrected chi connectivity index (χ0v) is 17.3. The van der Waals surface area contributed by atoms with E-state index < -0.39 is 0 Å². The van der Waals surface area contributed by atoms with Crippen LogP contribution in [0.25, 0.3) is 6.08 Å². The highest BCUT2D eigenvalue weighted by molar-refractivity contribution is 6.12. The monoisotopic (exact) mass is 384 g/mol. The summed E-state index contributed by atoms with van der Waals surface area (Å²) in [6, 6.07) is 8.99. The number of allylic oxidation sites excluding steroid dienone is 1. The molecule has 0 aliphatic heterocycles. The van der Waals surface area contributed by atoms with E-state index in [1.807, 2.05) is 44.1 Å². The average Bonchev–Trinajstić information content (AvgIpc) is 2.70. The number of hydrogen-bond acceptors (Lipinski definition) is 6. The molecular formula is C22H28N2O4. The van der Waals surface area contributed by atoms with Gasteiger partial charge in [0, 0.05) is 30.8 Å². The van der Waals surface area contributed by atoms with E-state index in [0.717, 1.165) is 11.3 Å². The van der Waals surface area contributed by atoms with E-state index in [0.29, 0.717) is 40.5 Å². The first-order chi connectivity index (χ1) is 13.4. The molecule has 0 spiro atoms. The van der Waals surface area contributed by atoms with Crippen molar-refractivity contribution in [2.24, 2.45) is 0 Å². The summed E-state index contributed by atoms with van der Waals surface area (Å²) >= 11 is 0. The Labute approximate surface area is 166 Å². The second kappa shape index (κ2) is 9.17. The number of nitrogen functional groups attached to an aromatic ring is 1. The highest BCUT2D eigenvalue weighted by Gasteiger charge is 2.18. The predicted octanol–water partition coefficient (Wildman–Crippen LogP) is 4.04. The van der Waals surface area contributed by atoms with Gasteiger partial charge in [-0.05, 0) is 42.8 Å². The minimum atomic E-state index is -0.0728. The summed E-state index contributed by atoms with van der Waals surface area (Å²) in [5.74, 6) is 1.49. The molecule has 6 heteroatoms. The van der Waals surface area contributed by atoms with Gasteiger partial charge in [0.2, 0.25) is 5.75 Å². The van der Waals surface area contributed by atoms with Crippen LogP contribution in [0.5, 0.6) is 17.2 Å². The largest absolute Gasteiger partial charge is 0.493 e. The molecule has 2 aromatic carbocycles. The number of nitrogens with two attached hydrogens (primary N) is 1. The summed E-state index contributed by atoms with van der Waals surface area (Å²) < 4.78 is 16.3. The van der Waals surface area contributed by atoms with Gasteiger partial charge in [0.15, 0.2) is 17.3 Å². The summed E-state index contributed by atoms with van der Waals surface area (Å²) in [6.45, 7) is 1.94. The van der Waals surface area contributed by atoms with Crippen LogP contribution < -0.4 is 24.8 Å². The van der Waals surface area contributed by atoms with Crippen molar-refractivity contribution < 1.29 is 19.0 Å². The van der Waals surface area contributed by atoms with Crippen LogP contribution in [0.1, 0.15) is 29.3 Å². The third-order valence-corrected chi connectivity index (χ3v) is 4.51. The third-order valence-electron chi connectivity index (χ3n) is 4.51. The molecule has 2 aromatic rings. The molecule has 0 bridgehead atoms. The standard InChI is InChI=1S/C22H28N2O4/c1-7-14(20(25)15-8-10-18(24(2)3)17(23)13-15)12-16-9-11-19(26-4)22(28-6)21(16)27-5/h8-13H,7,23H2,1-6H3. The molecule has 0 unspecified atom stereocenters. The number of nitrogens with zero attached hydrogens (tertiary/aromatic N) is 1. The van der Waals surface area contributed by atoms with E-state index in [1.54, 1.807) is 39.5 Å². The highest BCUT2D eigenvalue weighted by Crippen LogP contribution is 2.40. The lowest BCUT2D eigenvalue weighted by Gasteiger charge is -2.16. The normalized spacial score (nSPS) is 11.1. The highest BCUT2D eigenvalue weighted by atomic mass is 16.5. The maximum absolute atomic E-state index is 13.1. The lowest BCUT2D eigenvalue weighted by Crippen LogP contribution is -2.12. The molecule has 0 aliphatic rings. The number of ether oxygens (including phenoxy) is 3. The number of rotatable bonds is 8. The predicted molar refractivity (Wildman–Crippen MR) is 114 cm³/mol. The van der Waals surface area contributed by atoms with Gasteiger partial charge < -0.3 is 24.8 Å². The Morgan fingerprint density at radius 1 is 1.04 bits per heavy atom. The molecule has 0 aliphatic carbocycles. The molecule has 0 saturated heterocycles. The quantitative estimate of drug-likeness (QED) is 0.421. The fourth-order valence-corrected chi connectivity index (χ4v) is 3.04. The molecule has 6 nitrogen and oxygen atoms in total. The molecule has 0 aromatic heterocycles. The van der Waals surface area contributed by atoms with Crippen molar-refractivity contribution in [3.8, 4) is 17.2 Å². The molecule has 0 radical (unpaired) electrons. The van der Waals surface area contributed by atoms with Gasteiger partial charge in [0.1, 0.15) is 0 Å². The fraction of sp³-hybridized carbons (Fsp3) is 0.318. The van der Waals surface area contributed by atoms with Gasteiger partial charge in [-0.25, -0.2) is 0 Å². The Balaban J connectivity index is 2.49. The average molecular weight is 384 g/mol. The molecule has 0 amide bonds. The SMILES string of the molecule is CCC(=Cc1ccc(OC)c(OC)c1OC)C(=O)c1ccc(N(C)C)c(N)c1. The minimum Gasteiger partial charge on any atom is -0.493 e. The Morgan fingerprint density at radius 3 is 2.21 bits per heavy atom. The number of ketones is 1. The first-order valence-corrected chi connectivity index (χ1v) is 8.98. The van der Waals surface area contributed by atoms with Crippen LogP contribution in [-0.4, -0.2) is 41.2 Å². The molecule has 28 heavy (non-hydrogen) atoms. The van der Waals surface area contributed by atoms with E-state index in [2.05, 4.69) is 0 Å². The van der Waals surface area contributed by atoms with Gasteiger partial charge in [-0.2, -0.15) is 0 Å². The van der Waals surface area contributed by atoms with Crippen LogP contribution in [0.3, 0.4) is 0 Å². The zero-order valence-electron chi connectivity index (χ0n) is 17.3.